The Hall–Kier alpha value is -1.66. The third-order valence-corrected chi connectivity index (χ3v) is 3.17. The van der Waals surface area contributed by atoms with E-state index in [1.807, 2.05) is 6.07 Å². The molecular formula is C12H12ClN3O2S. The van der Waals surface area contributed by atoms with E-state index >= 15 is 0 Å². The quantitative estimate of drug-likeness (QED) is 0.679. The number of hydrogen-bond donors (Lipinski definition) is 1. The fourth-order valence-corrected chi connectivity index (χ4v) is 2.26. The molecule has 0 fully saturated rings. The van der Waals surface area contributed by atoms with Gasteiger partial charge in [0, 0.05) is 12.6 Å². The highest BCUT2D eigenvalue weighted by Gasteiger charge is 2.08. The number of halogens is 1. The number of aromatic nitrogens is 2. The van der Waals surface area contributed by atoms with Crippen molar-refractivity contribution >= 4 is 46.0 Å². The molecule has 0 aliphatic carbocycles. The van der Waals surface area contributed by atoms with Crippen LogP contribution in [-0.2, 0) is 9.53 Å². The predicted molar refractivity (Wildman–Crippen MR) is 76.7 cm³/mol. The van der Waals surface area contributed by atoms with E-state index in [2.05, 4.69) is 14.1 Å². The second-order valence-electron chi connectivity index (χ2n) is 3.59. The molecule has 1 aromatic carbocycles. The third-order valence-electron chi connectivity index (χ3n) is 2.31. The van der Waals surface area contributed by atoms with Crippen LogP contribution in [0.3, 0.4) is 0 Å². The zero-order valence-electron chi connectivity index (χ0n) is 10.2. The molecule has 1 N–H and O–H groups in total. The summed E-state index contributed by atoms with van der Waals surface area (Å²) < 4.78 is 13.1. The summed E-state index contributed by atoms with van der Waals surface area (Å²) >= 11 is 7.25. The minimum absolute atomic E-state index is 0.357. The maximum Gasteiger partial charge on any atom is 0.330 e. The van der Waals surface area contributed by atoms with Crippen LogP contribution < -0.4 is 5.32 Å². The SMILES string of the molecule is CCOC(=O)/C=C/CNc1c(Cl)ccc2nsnc12. The van der Waals surface area contributed by atoms with Gasteiger partial charge in [-0.05, 0) is 19.1 Å². The second-order valence-corrected chi connectivity index (χ2v) is 4.53. The average molecular weight is 298 g/mol. The molecule has 0 atom stereocenters. The smallest absolute Gasteiger partial charge is 0.330 e. The fourth-order valence-electron chi connectivity index (χ4n) is 1.50. The van der Waals surface area contributed by atoms with Gasteiger partial charge in [-0.25, -0.2) is 4.79 Å². The number of carbonyl (C=O) groups excluding carboxylic acids is 1. The largest absolute Gasteiger partial charge is 0.463 e. The van der Waals surface area contributed by atoms with Crippen molar-refractivity contribution in [2.24, 2.45) is 0 Å². The van der Waals surface area contributed by atoms with Gasteiger partial charge in [0.25, 0.3) is 0 Å². The lowest BCUT2D eigenvalue weighted by Crippen LogP contribution is -2.03. The molecule has 2 rings (SSSR count). The van der Waals surface area contributed by atoms with Gasteiger partial charge in [0.15, 0.2) is 0 Å². The Bertz CT molecular complexity index is 612. The van der Waals surface area contributed by atoms with E-state index in [0.29, 0.717) is 18.2 Å². The number of ether oxygens (including phenoxy) is 1. The number of rotatable bonds is 5. The van der Waals surface area contributed by atoms with Crippen LogP contribution in [0.2, 0.25) is 5.02 Å². The van der Waals surface area contributed by atoms with E-state index in [4.69, 9.17) is 16.3 Å². The van der Waals surface area contributed by atoms with Crippen LogP contribution in [0.1, 0.15) is 6.92 Å². The van der Waals surface area contributed by atoms with Crippen LogP contribution in [0.25, 0.3) is 11.0 Å². The molecule has 2 aromatic rings. The number of nitrogens with zero attached hydrogens (tertiary/aromatic N) is 2. The first-order chi connectivity index (χ1) is 9.22. The zero-order valence-corrected chi connectivity index (χ0v) is 11.8. The lowest BCUT2D eigenvalue weighted by atomic mass is 10.2. The number of carbonyl (C=O) groups is 1. The Morgan fingerprint density at radius 2 is 2.37 bits per heavy atom. The molecule has 1 aromatic heterocycles. The summed E-state index contributed by atoms with van der Waals surface area (Å²) in [6.45, 7) is 2.58. The number of esters is 1. The molecule has 100 valence electrons. The molecule has 1 heterocycles. The molecule has 19 heavy (non-hydrogen) atoms. The first-order valence-electron chi connectivity index (χ1n) is 5.70. The van der Waals surface area contributed by atoms with E-state index in [9.17, 15) is 4.79 Å². The highest BCUT2D eigenvalue weighted by atomic mass is 35.5. The van der Waals surface area contributed by atoms with Gasteiger partial charge in [-0.1, -0.05) is 17.7 Å². The van der Waals surface area contributed by atoms with Crippen molar-refractivity contribution in [2.75, 3.05) is 18.5 Å². The van der Waals surface area contributed by atoms with Crippen molar-refractivity contribution in [3.05, 3.63) is 29.3 Å². The average Bonchev–Trinajstić information content (AvgIpc) is 2.85. The molecule has 0 unspecified atom stereocenters. The van der Waals surface area contributed by atoms with Crippen LogP contribution in [0.15, 0.2) is 24.3 Å². The topological polar surface area (TPSA) is 64.1 Å². The van der Waals surface area contributed by atoms with Gasteiger partial charge in [0.05, 0.1) is 29.0 Å². The van der Waals surface area contributed by atoms with Crippen molar-refractivity contribution in [2.45, 2.75) is 6.92 Å². The van der Waals surface area contributed by atoms with Gasteiger partial charge in [-0.2, -0.15) is 8.75 Å². The molecule has 0 aliphatic rings. The minimum atomic E-state index is -0.357. The van der Waals surface area contributed by atoms with Gasteiger partial charge < -0.3 is 10.1 Å². The lowest BCUT2D eigenvalue weighted by Gasteiger charge is -2.06. The van der Waals surface area contributed by atoms with Crippen molar-refractivity contribution in [3.8, 4) is 0 Å². The number of anilines is 1. The molecule has 0 saturated heterocycles. The highest BCUT2D eigenvalue weighted by molar-refractivity contribution is 7.00. The summed E-state index contributed by atoms with van der Waals surface area (Å²) in [5, 5.41) is 3.69. The maximum atomic E-state index is 11.1. The number of fused-ring (bicyclic) bond motifs is 1. The third kappa shape index (κ3) is 3.42. The van der Waals surface area contributed by atoms with Gasteiger partial charge >= 0.3 is 5.97 Å². The van der Waals surface area contributed by atoms with E-state index in [1.54, 1.807) is 19.1 Å². The van der Waals surface area contributed by atoms with Gasteiger partial charge in [-0.15, -0.1) is 0 Å². The van der Waals surface area contributed by atoms with Crippen molar-refractivity contribution in [3.63, 3.8) is 0 Å². The van der Waals surface area contributed by atoms with E-state index in [0.717, 1.165) is 28.4 Å². The monoisotopic (exact) mass is 297 g/mol. The molecule has 0 amide bonds. The molecule has 5 nitrogen and oxygen atoms in total. The summed E-state index contributed by atoms with van der Waals surface area (Å²) in [4.78, 5) is 11.1. The maximum absolute atomic E-state index is 11.1. The lowest BCUT2D eigenvalue weighted by molar-refractivity contribution is -0.137. The summed E-state index contributed by atoms with van der Waals surface area (Å²) in [7, 11) is 0. The van der Waals surface area contributed by atoms with Crippen LogP contribution >= 0.6 is 23.3 Å². The number of nitrogens with one attached hydrogen (secondary N) is 1. The van der Waals surface area contributed by atoms with E-state index in [1.165, 1.54) is 6.08 Å². The minimum Gasteiger partial charge on any atom is -0.463 e. The molecule has 0 saturated carbocycles. The van der Waals surface area contributed by atoms with Crippen LogP contribution in [0.4, 0.5) is 5.69 Å². The van der Waals surface area contributed by atoms with Crippen LogP contribution in [-0.4, -0.2) is 27.9 Å². The van der Waals surface area contributed by atoms with Crippen molar-refractivity contribution < 1.29 is 9.53 Å². The predicted octanol–water partition coefficient (Wildman–Crippen LogP) is 2.88. The second kappa shape index (κ2) is 6.49. The Morgan fingerprint density at radius 1 is 1.53 bits per heavy atom. The molecule has 7 heteroatoms. The Balaban J connectivity index is 2.03. The summed E-state index contributed by atoms with van der Waals surface area (Å²) in [5.41, 5.74) is 2.26. The number of hydrogen-bond acceptors (Lipinski definition) is 6. The van der Waals surface area contributed by atoms with Gasteiger partial charge in [-0.3, -0.25) is 0 Å². The molecule has 0 radical (unpaired) electrons. The van der Waals surface area contributed by atoms with Crippen LogP contribution in [0, 0.1) is 0 Å². The zero-order chi connectivity index (χ0) is 13.7. The summed E-state index contributed by atoms with van der Waals surface area (Å²) in [6.07, 6.45) is 3.05. The van der Waals surface area contributed by atoms with Gasteiger partial charge in [0.2, 0.25) is 0 Å². The van der Waals surface area contributed by atoms with Crippen molar-refractivity contribution in [1.82, 2.24) is 8.75 Å². The Labute approximate surface area is 119 Å². The van der Waals surface area contributed by atoms with E-state index < -0.39 is 0 Å². The first-order valence-corrected chi connectivity index (χ1v) is 6.81. The van der Waals surface area contributed by atoms with Gasteiger partial charge in [0.1, 0.15) is 11.0 Å². The summed E-state index contributed by atoms with van der Waals surface area (Å²) in [6, 6.07) is 3.59. The van der Waals surface area contributed by atoms with Crippen LogP contribution in [0.5, 0.6) is 0 Å². The first kappa shape index (κ1) is 13.8. The Kier molecular flexibility index (Phi) is 4.70. The molecule has 0 spiro atoms. The molecule has 0 bridgehead atoms. The summed E-state index contributed by atoms with van der Waals surface area (Å²) in [5.74, 6) is -0.357. The molecular weight excluding hydrogens is 286 g/mol. The van der Waals surface area contributed by atoms with Crippen molar-refractivity contribution in [1.29, 1.82) is 0 Å². The number of benzene rings is 1. The highest BCUT2D eigenvalue weighted by Crippen LogP contribution is 2.29. The standard InChI is InChI=1S/C12H12ClN3O2S/c1-2-18-10(17)4-3-7-14-11-8(13)5-6-9-12(11)16-19-15-9/h3-6,14H,2,7H2,1H3/b4-3+. The molecule has 0 aliphatic heterocycles. The van der Waals surface area contributed by atoms with E-state index in [-0.39, 0.29) is 5.97 Å². The Morgan fingerprint density at radius 3 is 3.16 bits per heavy atom. The fraction of sp³-hybridized carbons (Fsp3) is 0.250. The normalized spacial score (nSPS) is 11.1.